The number of Topliss-reactive ketones (excluding diaryl/α,β-unsaturated/α-hetero) is 1. The molecule has 0 aliphatic heterocycles. The molecule has 0 saturated carbocycles. The number of thiol groups is 2. The molecule has 2 radical (unpaired) electrons. The number of hydrogen-bond acceptors (Lipinski definition) is 3. The fraction of sp³-hybridized carbons (Fsp3) is 0.350. The SMILES string of the molecule is CC.CC.O=C(CS)c1cc[c-]cc1.SCCc1cc[c-]cc1.[Y].[Y]. The first-order valence-corrected chi connectivity index (χ1v) is 9.20. The summed E-state index contributed by atoms with van der Waals surface area (Å²) in [5, 5.41) is 0. The first kappa shape index (κ1) is 33.6. The van der Waals surface area contributed by atoms with Crippen LogP contribution in [0.4, 0.5) is 0 Å². The third-order valence-corrected chi connectivity index (χ3v) is 2.88. The van der Waals surface area contributed by atoms with Gasteiger partial charge in [-0.05, 0) is 12.2 Å². The largest absolute Gasteiger partial charge is 0.296 e. The van der Waals surface area contributed by atoms with Gasteiger partial charge < -0.3 is 0 Å². The summed E-state index contributed by atoms with van der Waals surface area (Å²) in [6, 6.07) is 20.7. The van der Waals surface area contributed by atoms with E-state index in [4.69, 9.17) is 0 Å². The van der Waals surface area contributed by atoms with Crippen molar-refractivity contribution in [3.8, 4) is 0 Å². The minimum Gasteiger partial charge on any atom is -0.296 e. The van der Waals surface area contributed by atoms with Crippen molar-refractivity contribution in [1.29, 1.82) is 0 Å². The molecule has 0 saturated heterocycles. The van der Waals surface area contributed by atoms with Gasteiger partial charge in [0, 0.05) is 65.4 Å². The fourth-order valence-corrected chi connectivity index (χ4v) is 1.82. The molecule has 2 aromatic rings. The molecule has 2 aromatic carbocycles. The normalized spacial score (nSPS) is 7.60. The zero-order valence-electron chi connectivity index (χ0n) is 15.7. The number of carbonyl (C=O) groups is 1. The molecular formula is C20H28OS2Y2-2. The van der Waals surface area contributed by atoms with Gasteiger partial charge in [-0.25, -0.2) is 0 Å². The van der Waals surface area contributed by atoms with Crippen LogP contribution in [0.2, 0.25) is 0 Å². The first-order chi connectivity index (χ1) is 11.3. The minimum atomic E-state index is 0. The Morgan fingerprint density at radius 1 is 0.840 bits per heavy atom. The maximum atomic E-state index is 10.9. The number of ketones is 1. The van der Waals surface area contributed by atoms with E-state index < -0.39 is 0 Å². The summed E-state index contributed by atoms with van der Waals surface area (Å²) in [6.07, 6.45) is 1.05. The van der Waals surface area contributed by atoms with Crippen LogP contribution >= 0.6 is 25.3 Å². The van der Waals surface area contributed by atoms with Crippen molar-refractivity contribution in [2.45, 2.75) is 34.1 Å². The molecule has 0 heterocycles. The van der Waals surface area contributed by atoms with E-state index in [9.17, 15) is 4.79 Å². The molecule has 25 heavy (non-hydrogen) atoms. The molecule has 0 aliphatic carbocycles. The van der Waals surface area contributed by atoms with Crippen LogP contribution in [0, 0.1) is 12.1 Å². The Labute approximate surface area is 216 Å². The maximum Gasteiger partial charge on any atom is 0.148 e. The smallest absolute Gasteiger partial charge is 0.148 e. The Balaban J connectivity index is -0.000000138. The van der Waals surface area contributed by atoms with Crippen molar-refractivity contribution < 1.29 is 70.2 Å². The second-order valence-electron chi connectivity index (χ2n) is 3.75. The summed E-state index contributed by atoms with van der Waals surface area (Å²) in [7, 11) is 0. The summed E-state index contributed by atoms with van der Waals surface area (Å²) < 4.78 is 0. The van der Waals surface area contributed by atoms with Crippen LogP contribution in [0.3, 0.4) is 0 Å². The summed E-state index contributed by atoms with van der Waals surface area (Å²) in [4.78, 5) is 10.9. The molecule has 0 N–H and O–H groups in total. The van der Waals surface area contributed by atoms with E-state index in [1.54, 1.807) is 24.3 Å². The average Bonchev–Trinajstić information content (AvgIpc) is 2.67. The predicted octanol–water partition coefficient (Wildman–Crippen LogP) is 5.61. The zero-order chi connectivity index (χ0) is 17.9. The zero-order valence-corrected chi connectivity index (χ0v) is 23.2. The second-order valence-corrected chi connectivity index (χ2v) is 4.52. The van der Waals surface area contributed by atoms with Gasteiger partial charge in [-0.2, -0.15) is 91.5 Å². The molecule has 1 nitrogen and oxygen atoms in total. The molecule has 2 rings (SSSR count). The second kappa shape index (κ2) is 27.2. The number of hydrogen-bond donors (Lipinski definition) is 2. The standard InChI is InChI=1S/C8H7OS.C8H9S.2C2H6.2Y/c9-8(6-10)7-4-2-1-3-5-7;9-7-6-8-4-2-1-3-5-8;2*1-2;;/h2-5,10H,6H2;2-5,9H,6-7H2;2*1-2H3;;/q2*-1;;;;. The quantitative estimate of drug-likeness (QED) is 0.301. The van der Waals surface area contributed by atoms with Crippen molar-refractivity contribution in [2.75, 3.05) is 11.5 Å². The van der Waals surface area contributed by atoms with E-state index in [0.29, 0.717) is 5.56 Å². The van der Waals surface area contributed by atoms with Gasteiger partial charge in [0.05, 0.1) is 5.75 Å². The van der Waals surface area contributed by atoms with E-state index in [0.717, 1.165) is 12.2 Å². The summed E-state index contributed by atoms with van der Waals surface area (Å²) in [5.41, 5.74) is 2.04. The third-order valence-electron chi connectivity index (χ3n) is 2.37. The first-order valence-electron chi connectivity index (χ1n) is 7.94. The molecule has 0 amide bonds. The van der Waals surface area contributed by atoms with Gasteiger partial charge in [0.2, 0.25) is 0 Å². The van der Waals surface area contributed by atoms with E-state index in [-0.39, 0.29) is 77.0 Å². The van der Waals surface area contributed by atoms with Crippen molar-refractivity contribution in [3.63, 3.8) is 0 Å². The van der Waals surface area contributed by atoms with Gasteiger partial charge in [0.25, 0.3) is 0 Å². The molecule has 134 valence electrons. The van der Waals surface area contributed by atoms with Gasteiger partial charge in [-0.3, -0.25) is 4.79 Å². The number of benzene rings is 2. The van der Waals surface area contributed by atoms with Crippen LogP contribution in [0.1, 0.15) is 43.6 Å². The minimum absolute atomic E-state index is 0. The predicted molar refractivity (Wildman–Crippen MR) is 109 cm³/mol. The summed E-state index contributed by atoms with van der Waals surface area (Å²) in [6.45, 7) is 8.00. The third kappa shape index (κ3) is 19.6. The Hall–Kier alpha value is 1.02. The molecule has 0 atom stereocenters. The van der Waals surface area contributed by atoms with Crippen LogP contribution < -0.4 is 0 Å². The van der Waals surface area contributed by atoms with Crippen molar-refractivity contribution in [1.82, 2.24) is 0 Å². The van der Waals surface area contributed by atoms with Crippen LogP contribution in [0.5, 0.6) is 0 Å². The van der Waals surface area contributed by atoms with Crippen molar-refractivity contribution in [3.05, 3.63) is 71.8 Å². The molecule has 0 aliphatic rings. The van der Waals surface area contributed by atoms with Gasteiger partial charge >= 0.3 is 0 Å². The van der Waals surface area contributed by atoms with Gasteiger partial charge in [-0.1, -0.05) is 33.3 Å². The monoisotopic (exact) mass is 526 g/mol. The molecule has 0 bridgehead atoms. The van der Waals surface area contributed by atoms with E-state index in [2.05, 4.69) is 49.5 Å². The fourth-order valence-electron chi connectivity index (χ4n) is 1.38. The van der Waals surface area contributed by atoms with E-state index in [1.165, 1.54) is 5.56 Å². The Morgan fingerprint density at radius 2 is 1.24 bits per heavy atom. The molecule has 0 fully saturated rings. The number of aryl methyl sites for hydroxylation is 1. The summed E-state index contributed by atoms with van der Waals surface area (Å²) in [5.74, 6) is 1.24. The molecular weight excluding hydrogens is 498 g/mol. The van der Waals surface area contributed by atoms with Gasteiger partial charge in [0.1, 0.15) is 5.78 Å². The molecule has 0 unspecified atom stereocenters. The van der Waals surface area contributed by atoms with Gasteiger partial charge in [0.15, 0.2) is 0 Å². The van der Waals surface area contributed by atoms with E-state index in [1.807, 2.05) is 39.8 Å². The van der Waals surface area contributed by atoms with Gasteiger partial charge in [-0.15, -0.1) is 0 Å². The molecule has 5 heteroatoms. The average molecular weight is 526 g/mol. The topological polar surface area (TPSA) is 17.1 Å². The Kier molecular flexibility index (Phi) is 36.6. The van der Waals surface area contributed by atoms with Crippen molar-refractivity contribution in [2.24, 2.45) is 0 Å². The van der Waals surface area contributed by atoms with Crippen molar-refractivity contribution >= 4 is 31.0 Å². The Bertz CT molecular complexity index is 480. The van der Waals surface area contributed by atoms with Crippen LogP contribution in [0.25, 0.3) is 0 Å². The number of rotatable bonds is 4. The summed E-state index contributed by atoms with van der Waals surface area (Å²) >= 11 is 7.99. The molecule has 0 spiro atoms. The number of carbonyl (C=O) groups excluding carboxylic acids is 1. The molecule has 0 aromatic heterocycles. The van der Waals surface area contributed by atoms with Crippen LogP contribution in [-0.2, 0) is 71.8 Å². The Morgan fingerprint density at radius 3 is 1.60 bits per heavy atom. The maximum absolute atomic E-state index is 10.9. The van der Waals surface area contributed by atoms with E-state index >= 15 is 0 Å². The van der Waals surface area contributed by atoms with Crippen LogP contribution in [-0.4, -0.2) is 17.3 Å². The van der Waals surface area contributed by atoms with Crippen LogP contribution in [0.15, 0.2) is 48.5 Å².